The molecule has 6 heteroatoms. The van der Waals surface area contributed by atoms with E-state index in [1.165, 1.54) is 0 Å². The highest BCUT2D eigenvalue weighted by molar-refractivity contribution is 6.35. The molecule has 116 valence electrons. The lowest BCUT2D eigenvalue weighted by molar-refractivity contribution is 0.551. The van der Waals surface area contributed by atoms with Gasteiger partial charge in [0.1, 0.15) is 5.15 Å². The molecule has 0 spiro atoms. The molecule has 2 aromatic rings. The Hall–Kier alpha value is -1.000. The average molecular weight is 357 g/mol. The lowest BCUT2D eigenvalue weighted by Crippen LogP contribution is -2.32. The Morgan fingerprint density at radius 1 is 1.18 bits per heavy atom. The fraction of sp³-hybridized carbons (Fsp3) is 0.312. The fourth-order valence-corrected chi connectivity index (χ4v) is 3.31. The molecule has 0 saturated carbocycles. The Balaban J connectivity index is 1.57. The van der Waals surface area contributed by atoms with E-state index in [0.29, 0.717) is 21.2 Å². The second-order valence-corrected chi connectivity index (χ2v) is 6.62. The van der Waals surface area contributed by atoms with Crippen LogP contribution < -0.4 is 10.2 Å². The molecule has 1 aliphatic rings. The maximum Gasteiger partial charge on any atom is 0.131 e. The van der Waals surface area contributed by atoms with E-state index < -0.39 is 0 Å². The zero-order valence-corrected chi connectivity index (χ0v) is 14.2. The third-order valence-electron chi connectivity index (χ3n) is 3.86. The molecule has 0 bridgehead atoms. The molecular formula is C16H16Cl3N3. The van der Waals surface area contributed by atoms with Crippen LogP contribution in [0.2, 0.25) is 15.2 Å². The quantitative estimate of drug-likeness (QED) is 0.822. The van der Waals surface area contributed by atoms with Gasteiger partial charge in [0.2, 0.25) is 0 Å². The number of hydrogen-bond donors (Lipinski definition) is 1. The zero-order valence-electron chi connectivity index (χ0n) is 11.9. The van der Waals surface area contributed by atoms with Crippen LogP contribution in [0.15, 0.2) is 36.5 Å². The van der Waals surface area contributed by atoms with Crippen LogP contribution in [-0.4, -0.2) is 24.1 Å². The highest BCUT2D eigenvalue weighted by Gasteiger charge is 2.22. The zero-order chi connectivity index (χ0) is 15.5. The fourth-order valence-electron chi connectivity index (χ4n) is 2.67. The van der Waals surface area contributed by atoms with Crippen molar-refractivity contribution in [2.75, 3.05) is 18.0 Å². The molecular weight excluding hydrogens is 341 g/mol. The summed E-state index contributed by atoms with van der Waals surface area (Å²) in [6.45, 7) is 2.70. The molecule has 3 nitrogen and oxygen atoms in total. The molecule has 1 aromatic heterocycles. The average Bonchev–Trinajstić information content (AvgIpc) is 2.95. The topological polar surface area (TPSA) is 28.2 Å². The monoisotopic (exact) mass is 355 g/mol. The van der Waals surface area contributed by atoms with Gasteiger partial charge in [0.25, 0.3) is 0 Å². The molecule has 0 aliphatic carbocycles. The first-order chi connectivity index (χ1) is 10.6. The number of rotatable bonds is 4. The molecule has 3 rings (SSSR count). The number of aromatic nitrogens is 1. The van der Waals surface area contributed by atoms with Crippen LogP contribution in [0.25, 0.3) is 0 Å². The van der Waals surface area contributed by atoms with E-state index in [4.69, 9.17) is 34.8 Å². The Morgan fingerprint density at radius 3 is 2.82 bits per heavy atom. The van der Waals surface area contributed by atoms with Gasteiger partial charge in [-0.05, 0) is 36.2 Å². The van der Waals surface area contributed by atoms with Gasteiger partial charge in [-0.1, -0.05) is 40.9 Å². The van der Waals surface area contributed by atoms with Crippen LogP contribution in [0.5, 0.6) is 0 Å². The van der Waals surface area contributed by atoms with Gasteiger partial charge in [-0.15, -0.1) is 0 Å². The van der Waals surface area contributed by atoms with Gasteiger partial charge in [0, 0.05) is 47.6 Å². The molecule has 0 unspecified atom stereocenters. The number of benzene rings is 1. The Morgan fingerprint density at radius 2 is 2.05 bits per heavy atom. The highest BCUT2D eigenvalue weighted by Crippen LogP contribution is 2.24. The summed E-state index contributed by atoms with van der Waals surface area (Å²) in [6.07, 6.45) is 2.83. The minimum atomic E-state index is 0.429. The van der Waals surface area contributed by atoms with Crippen molar-refractivity contribution in [3.63, 3.8) is 0 Å². The van der Waals surface area contributed by atoms with Crippen LogP contribution in [-0.2, 0) is 6.54 Å². The van der Waals surface area contributed by atoms with Crippen molar-refractivity contribution in [2.24, 2.45) is 0 Å². The minimum Gasteiger partial charge on any atom is -0.370 e. The maximum atomic E-state index is 6.20. The summed E-state index contributed by atoms with van der Waals surface area (Å²) in [5.41, 5.74) is 2.19. The number of anilines is 1. The number of nitrogens with zero attached hydrogens (tertiary/aromatic N) is 2. The van der Waals surface area contributed by atoms with Crippen molar-refractivity contribution in [3.05, 3.63) is 57.3 Å². The van der Waals surface area contributed by atoms with Gasteiger partial charge in [0.15, 0.2) is 0 Å². The van der Waals surface area contributed by atoms with Gasteiger partial charge in [-0.3, -0.25) is 0 Å². The smallest absolute Gasteiger partial charge is 0.131 e. The summed E-state index contributed by atoms with van der Waals surface area (Å²) in [6, 6.07) is 9.93. The molecule has 1 N–H and O–H groups in total. The first-order valence-electron chi connectivity index (χ1n) is 7.15. The molecule has 0 radical (unpaired) electrons. The van der Waals surface area contributed by atoms with Crippen molar-refractivity contribution in [3.8, 4) is 0 Å². The number of halogens is 3. The highest BCUT2D eigenvalue weighted by atomic mass is 35.5. The Kier molecular flexibility index (Phi) is 5.09. The van der Waals surface area contributed by atoms with E-state index >= 15 is 0 Å². The predicted octanol–water partition coefficient (Wildman–Crippen LogP) is 4.41. The largest absolute Gasteiger partial charge is 0.370 e. The van der Waals surface area contributed by atoms with E-state index in [1.807, 2.05) is 24.3 Å². The van der Waals surface area contributed by atoms with Crippen molar-refractivity contribution in [1.29, 1.82) is 0 Å². The molecule has 0 amide bonds. The number of hydrogen-bond acceptors (Lipinski definition) is 3. The van der Waals surface area contributed by atoms with Crippen molar-refractivity contribution >= 4 is 40.5 Å². The molecule has 1 fully saturated rings. The molecule has 1 atom stereocenters. The second kappa shape index (κ2) is 7.05. The minimum absolute atomic E-state index is 0.429. The van der Waals surface area contributed by atoms with Gasteiger partial charge in [-0.25, -0.2) is 4.98 Å². The van der Waals surface area contributed by atoms with Crippen LogP contribution >= 0.6 is 34.8 Å². The first kappa shape index (κ1) is 15.9. The van der Waals surface area contributed by atoms with Gasteiger partial charge in [-0.2, -0.15) is 0 Å². The number of nitrogens with one attached hydrogen (secondary N) is 1. The van der Waals surface area contributed by atoms with E-state index in [1.54, 1.807) is 12.3 Å². The van der Waals surface area contributed by atoms with Crippen molar-refractivity contribution in [1.82, 2.24) is 10.3 Å². The van der Waals surface area contributed by atoms with E-state index in [9.17, 15) is 0 Å². The molecule has 1 aromatic carbocycles. The van der Waals surface area contributed by atoms with Crippen molar-refractivity contribution in [2.45, 2.75) is 19.0 Å². The summed E-state index contributed by atoms with van der Waals surface area (Å²) in [5.74, 6) is 0. The van der Waals surface area contributed by atoms with Crippen molar-refractivity contribution < 1.29 is 0 Å². The molecule has 2 heterocycles. The van der Waals surface area contributed by atoms with Crippen LogP contribution in [0.3, 0.4) is 0 Å². The normalized spacial score (nSPS) is 18.0. The first-order valence-corrected chi connectivity index (χ1v) is 8.29. The van der Waals surface area contributed by atoms with Gasteiger partial charge >= 0.3 is 0 Å². The third kappa shape index (κ3) is 3.85. The van der Waals surface area contributed by atoms with E-state index in [-0.39, 0.29) is 0 Å². The van der Waals surface area contributed by atoms with Gasteiger partial charge < -0.3 is 10.2 Å². The third-order valence-corrected chi connectivity index (χ3v) is 4.65. The summed E-state index contributed by atoms with van der Waals surface area (Å²) in [4.78, 5) is 6.33. The van der Waals surface area contributed by atoms with E-state index in [0.717, 1.165) is 37.3 Å². The predicted molar refractivity (Wildman–Crippen MR) is 93.2 cm³/mol. The lowest BCUT2D eigenvalue weighted by Gasteiger charge is -2.19. The van der Waals surface area contributed by atoms with Crippen LogP contribution in [0, 0.1) is 0 Å². The standard InChI is InChI=1S/C16H16Cl3N3/c17-12-2-1-11(15(18)7-12)9-21-13-4-6-22(10-13)14-3-5-20-16(19)8-14/h1-3,5,7-8,13,21H,4,6,9-10H2/t13-/m0/s1. The molecule has 1 aliphatic heterocycles. The van der Waals surface area contributed by atoms with Crippen LogP contribution in [0.1, 0.15) is 12.0 Å². The summed E-state index contributed by atoms with van der Waals surface area (Å²) >= 11 is 18.1. The molecule has 22 heavy (non-hydrogen) atoms. The Labute approximate surface area is 145 Å². The second-order valence-electron chi connectivity index (χ2n) is 5.39. The molecule has 1 saturated heterocycles. The SMILES string of the molecule is Clc1ccc(CN[C@H]2CCN(c3ccnc(Cl)c3)C2)c(Cl)c1. The van der Waals surface area contributed by atoms with E-state index in [2.05, 4.69) is 15.2 Å². The maximum absolute atomic E-state index is 6.20. The van der Waals surface area contributed by atoms with Gasteiger partial charge in [0.05, 0.1) is 0 Å². The van der Waals surface area contributed by atoms with Crippen LogP contribution in [0.4, 0.5) is 5.69 Å². The number of pyridine rings is 1. The lowest BCUT2D eigenvalue weighted by atomic mass is 10.2. The summed E-state index contributed by atoms with van der Waals surface area (Å²) in [7, 11) is 0. The summed E-state index contributed by atoms with van der Waals surface area (Å²) in [5, 5.41) is 5.45. The Bertz CT molecular complexity index is 663. The summed E-state index contributed by atoms with van der Waals surface area (Å²) < 4.78 is 0.